The molecule has 0 spiro atoms. The molecule has 114 valence electrons. The van der Waals surface area contributed by atoms with E-state index in [9.17, 15) is 0 Å². The van der Waals surface area contributed by atoms with Gasteiger partial charge in [-0.25, -0.2) is 4.98 Å². The van der Waals surface area contributed by atoms with Crippen LogP contribution in [0.5, 0.6) is 0 Å². The van der Waals surface area contributed by atoms with Crippen molar-refractivity contribution in [1.82, 2.24) is 10.3 Å². The van der Waals surface area contributed by atoms with Crippen LogP contribution in [-0.2, 0) is 6.42 Å². The molecule has 0 aliphatic heterocycles. The van der Waals surface area contributed by atoms with Gasteiger partial charge in [-0.1, -0.05) is 51.1 Å². The summed E-state index contributed by atoms with van der Waals surface area (Å²) in [5.41, 5.74) is 2.32. The molecule has 0 saturated heterocycles. The predicted octanol–water partition coefficient (Wildman–Crippen LogP) is 4.62. The SMILES string of the molecule is CCCNCC(C)C(C)Cc1nc(-c2ccccc2)cs1. The minimum Gasteiger partial charge on any atom is -0.316 e. The van der Waals surface area contributed by atoms with E-state index in [0.717, 1.165) is 25.2 Å². The van der Waals surface area contributed by atoms with Crippen molar-refractivity contribution in [3.63, 3.8) is 0 Å². The summed E-state index contributed by atoms with van der Waals surface area (Å²) >= 11 is 1.79. The highest BCUT2D eigenvalue weighted by molar-refractivity contribution is 7.09. The first-order valence-electron chi connectivity index (χ1n) is 7.91. The molecule has 0 aliphatic rings. The van der Waals surface area contributed by atoms with Gasteiger partial charge in [0.15, 0.2) is 0 Å². The van der Waals surface area contributed by atoms with Crippen molar-refractivity contribution >= 4 is 11.3 Å². The number of nitrogens with zero attached hydrogens (tertiary/aromatic N) is 1. The van der Waals surface area contributed by atoms with Crippen LogP contribution in [0.25, 0.3) is 11.3 Å². The van der Waals surface area contributed by atoms with Gasteiger partial charge in [-0.2, -0.15) is 0 Å². The van der Waals surface area contributed by atoms with Gasteiger partial charge in [-0.3, -0.25) is 0 Å². The average Bonchev–Trinajstić information content (AvgIpc) is 2.97. The molecule has 3 heteroatoms. The van der Waals surface area contributed by atoms with Crippen molar-refractivity contribution in [2.45, 2.75) is 33.6 Å². The molecule has 1 aromatic carbocycles. The predicted molar refractivity (Wildman–Crippen MR) is 92.7 cm³/mol. The van der Waals surface area contributed by atoms with E-state index >= 15 is 0 Å². The Labute approximate surface area is 132 Å². The third-order valence-electron chi connectivity index (χ3n) is 3.98. The van der Waals surface area contributed by atoms with Crippen molar-refractivity contribution in [3.05, 3.63) is 40.7 Å². The Bertz CT molecular complexity index is 521. The molecule has 2 rings (SSSR count). The van der Waals surface area contributed by atoms with Crippen molar-refractivity contribution in [3.8, 4) is 11.3 Å². The highest BCUT2D eigenvalue weighted by Gasteiger charge is 2.14. The van der Waals surface area contributed by atoms with Crippen molar-refractivity contribution in [2.75, 3.05) is 13.1 Å². The number of rotatable bonds is 8. The standard InChI is InChI=1S/C18H26N2S/c1-4-10-19-12-15(3)14(2)11-18-20-17(13-21-18)16-8-6-5-7-9-16/h5-9,13-15,19H,4,10-12H2,1-3H3. The molecule has 0 saturated carbocycles. The summed E-state index contributed by atoms with van der Waals surface area (Å²) in [6, 6.07) is 10.4. The van der Waals surface area contributed by atoms with Crippen molar-refractivity contribution in [1.29, 1.82) is 0 Å². The Balaban J connectivity index is 1.90. The molecular weight excluding hydrogens is 276 g/mol. The number of hydrogen-bond donors (Lipinski definition) is 1. The normalized spacial score (nSPS) is 14.0. The van der Waals surface area contributed by atoms with E-state index in [0.29, 0.717) is 11.8 Å². The Morgan fingerprint density at radius 2 is 1.90 bits per heavy atom. The van der Waals surface area contributed by atoms with E-state index in [2.05, 4.69) is 55.7 Å². The van der Waals surface area contributed by atoms with E-state index < -0.39 is 0 Å². The topological polar surface area (TPSA) is 24.9 Å². The average molecular weight is 302 g/mol. The van der Waals surface area contributed by atoms with Crippen LogP contribution in [0, 0.1) is 11.8 Å². The van der Waals surface area contributed by atoms with Gasteiger partial charge in [-0.05, 0) is 31.3 Å². The van der Waals surface area contributed by atoms with E-state index in [1.165, 1.54) is 17.0 Å². The lowest BCUT2D eigenvalue weighted by molar-refractivity contribution is 0.365. The van der Waals surface area contributed by atoms with E-state index in [1.807, 2.05) is 6.07 Å². The van der Waals surface area contributed by atoms with E-state index in [1.54, 1.807) is 11.3 Å². The van der Waals surface area contributed by atoms with Crippen LogP contribution < -0.4 is 5.32 Å². The largest absolute Gasteiger partial charge is 0.316 e. The zero-order valence-corrected chi connectivity index (χ0v) is 14.1. The second-order valence-electron chi connectivity index (χ2n) is 5.86. The van der Waals surface area contributed by atoms with Crippen LogP contribution in [0.3, 0.4) is 0 Å². The zero-order valence-electron chi connectivity index (χ0n) is 13.3. The van der Waals surface area contributed by atoms with Crippen molar-refractivity contribution in [2.24, 2.45) is 11.8 Å². The second kappa shape index (κ2) is 8.30. The first kappa shape index (κ1) is 16.2. The summed E-state index contributed by atoms with van der Waals surface area (Å²) in [4.78, 5) is 4.80. The van der Waals surface area contributed by atoms with Gasteiger partial charge in [-0.15, -0.1) is 11.3 Å². The third kappa shape index (κ3) is 4.94. The third-order valence-corrected chi connectivity index (χ3v) is 4.85. The van der Waals surface area contributed by atoms with Crippen LogP contribution in [0.1, 0.15) is 32.2 Å². The van der Waals surface area contributed by atoms with Gasteiger partial charge in [0.1, 0.15) is 0 Å². The smallest absolute Gasteiger partial charge is 0.0935 e. The Morgan fingerprint density at radius 3 is 2.62 bits per heavy atom. The van der Waals surface area contributed by atoms with Crippen LogP contribution in [0.2, 0.25) is 0 Å². The molecule has 0 amide bonds. The Kier molecular flexibility index (Phi) is 6.40. The minimum absolute atomic E-state index is 0.657. The van der Waals surface area contributed by atoms with Crippen LogP contribution >= 0.6 is 11.3 Å². The molecule has 2 nitrogen and oxygen atoms in total. The molecule has 0 fully saturated rings. The highest BCUT2D eigenvalue weighted by atomic mass is 32.1. The second-order valence-corrected chi connectivity index (χ2v) is 6.80. The van der Waals surface area contributed by atoms with Gasteiger partial charge < -0.3 is 5.32 Å². The summed E-state index contributed by atoms with van der Waals surface area (Å²) in [7, 11) is 0. The molecule has 0 radical (unpaired) electrons. The molecule has 2 aromatic rings. The Hall–Kier alpha value is -1.19. The molecule has 1 aromatic heterocycles. The van der Waals surface area contributed by atoms with Gasteiger partial charge in [0.2, 0.25) is 0 Å². The van der Waals surface area contributed by atoms with E-state index in [4.69, 9.17) is 4.98 Å². The van der Waals surface area contributed by atoms with Gasteiger partial charge in [0.25, 0.3) is 0 Å². The first-order valence-corrected chi connectivity index (χ1v) is 8.79. The maximum Gasteiger partial charge on any atom is 0.0935 e. The quantitative estimate of drug-likeness (QED) is 0.719. The maximum absolute atomic E-state index is 4.80. The summed E-state index contributed by atoms with van der Waals surface area (Å²) in [6.45, 7) is 9.10. The summed E-state index contributed by atoms with van der Waals surface area (Å²) in [6.07, 6.45) is 2.28. The monoisotopic (exact) mass is 302 g/mol. The molecule has 21 heavy (non-hydrogen) atoms. The van der Waals surface area contributed by atoms with Gasteiger partial charge in [0.05, 0.1) is 10.7 Å². The lowest BCUT2D eigenvalue weighted by Crippen LogP contribution is -2.26. The molecule has 0 bridgehead atoms. The summed E-state index contributed by atoms with van der Waals surface area (Å²) in [5.74, 6) is 1.34. The van der Waals surface area contributed by atoms with Crippen LogP contribution in [0.4, 0.5) is 0 Å². The number of benzene rings is 1. The fourth-order valence-corrected chi connectivity index (χ4v) is 3.28. The number of hydrogen-bond acceptors (Lipinski definition) is 3. The molecule has 2 unspecified atom stereocenters. The fourth-order valence-electron chi connectivity index (χ4n) is 2.33. The summed E-state index contributed by atoms with van der Waals surface area (Å²) in [5, 5.41) is 6.95. The van der Waals surface area contributed by atoms with Crippen molar-refractivity contribution < 1.29 is 0 Å². The number of nitrogens with one attached hydrogen (secondary N) is 1. The Morgan fingerprint density at radius 1 is 1.14 bits per heavy atom. The first-order chi connectivity index (χ1) is 10.2. The van der Waals surface area contributed by atoms with Crippen LogP contribution in [-0.4, -0.2) is 18.1 Å². The highest BCUT2D eigenvalue weighted by Crippen LogP contribution is 2.25. The zero-order chi connectivity index (χ0) is 15.1. The molecule has 0 aliphatic carbocycles. The summed E-state index contributed by atoms with van der Waals surface area (Å²) < 4.78 is 0. The molecular formula is C18H26N2S. The van der Waals surface area contributed by atoms with Gasteiger partial charge >= 0.3 is 0 Å². The molecule has 1 heterocycles. The van der Waals surface area contributed by atoms with E-state index in [-0.39, 0.29) is 0 Å². The number of aromatic nitrogens is 1. The molecule has 1 N–H and O–H groups in total. The minimum atomic E-state index is 0.657. The van der Waals surface area contributed by atoms with Gasteiger partial charge in [0, 0.05) is 17.4 Å². The number of thiazole rings is 1. The fraction of sp³-hybridized carbons (Fsp3) is 0.500. The molecule has 2 atom stereocenters. The lowest BCUT2D eigenvalue weighted by atomic mass is 9.93. The lowest BCUT2D eigenvalue weighted by Gasteiger charge is -2.19. The maximum atomic E-state index is 4.80. The van der Waals surface area contributed by atoms with Crippen LogP contribution in [0.15, 0.2) is 35.7 Å².